The highest BCUT2D eigenvalue weighted by Gasteiger charge is 2.29. The van der Waals surface area contributed by atoms with Crippen molar-refractivity contribution in [2.24, 2.45) is 0 Å². The number of halogens is 3. The molecule has 1 N–H and O–H groups in total. The van der Waals surface area contributed by atoms with Gasteiger partial charge in [-0.3, -0.25) is 4.79 Å². The van der Waals surface area contributed by atoms with Crippen LogP contribution in [0.15, 0.2) is 23.1 Å². The Hall–Kier alpha value is -1.57. The largest absolute Gasteiger partial charge is 0.490 e. The normalized spacial score (nSPS) is 15.8. The Bertz CT molecular complexity index is 537. The molecule has 0 aromatic heterocycles. The second-order valence-electron chi connectivity index (χ2n) is 4.75. The van der Waals surface area contributed by atoms with Crippen LogP contribution in [-0.2, 0) is 4.79 Å². The zero-order chi connectivity index (χ0) is 16.2. The summed E-state index contributed by atoms with van der Waals surface area (Å²) < 4.78 is 47.3. The molecule has 4 nitrogen and oxygen atoms in total. The number of carbonyl (C=O) groups excluding carboxylic acids is 1. The van der Waals surface area contributed by atoms with Crippen molar-refractivity contribution in [3.8, 4) is 11.5 Å². The molecule has 1 aliphatic heterocycles. The van der Waals surface area contributed by atoms with Gasteiger partial charge in [-0.1, -0.05) is 0 Å². The predicted molar refractivity (Wildman–Crippen MR) is 76.4 cm³/mol. The van der Waals surface area contributed by atoms with Gasteiger partial charge in [0.2, 0.25) is 5.91 Å². The maximum atomic E-state index is 12.1. The number of hydrogen-bond acceptors (Lipinski definition) is 4. The third-order valence-electron chi connectivity index (χ3n) is 2.86. The average Bonchev–Trinajstić information content (AvgIpc) is 2.68. The van der Waals surface area contributed by atoms with Gasteiger partial charge in [0.05, 0.1) is 18.5 Å². The number of amides is 1. The summed E-state index contributed by atoms with van der Waals surface area (Å²) in [5.41, 5.74) is 0. The first kappa shape index (κ1) is 16.8. The Balaban J connectivity index is 1.95. The average molecular weight is 335 g/mol. The molecule has 0 spiro atoms. The number of benzene rings is 1. The molecule has 1 aliphatic rings. The van der Waals surface area contributed by atoms with E-state index in [-0.39, 0.29) is 0 Å². The van der Waals surface area contributed by atoms with Gasteiger partial charge in [-0.2, -0.15) is 13.2 Å². The molecule has 0 saturated carbocycles. The highest BCUT2D eigenvalue weighted by molar-refractivity contribution is 8.00. The van der Waals surface area contributed by atoms with Crippen LogP contribution in [0.2, 0.25) is 0 Å². The van der Waals surface area contributed by atoms with Crippen LogP contribution >= 0.6 is 11.8 Å². The molecule has 1 aromatic rings. The van der Waals surface area contributed by atoms with E-state index < -0.39 is 23.9 Å². The Morgan fingerprint density at radius 2 is 2.00 bits per heavy atom. The van der Waals surface area contributed by atoms with Gasteiger partial charge in [-0.05, 0) is 25.1 Å². The van der Waals surface area contributed by atoms with Crippen LogP contribution in [0.4, 0.5) is 13.2 Å². The van der Waals surface area contributed by atoms with Crippen molar-refractivity contribution in [1.82, 2.24) is 5.32 Å². The van der Waals surface area contributed by atoms with Crippen molar-refractivity contribution < 1.29 is 27.4 Å². The fourth-order valence-corrected chi connectivity index (χ4v) is 2.73. The van der Waals surface area contributed by atoms with E-state index in [2.05, 4.69) is 0 Å². The van der Waals surface area contributed by atoms with E-state index in [1.54, 1.807) is 25.1 Å². The molecule has 22 heavy (non-hydrogen) atoms. The number of hydrogen-bond donors (Lipinski definition) is 1. The number of thioether (sulfide) groups is 1. The quantitative estimate of drug-likeness (QED) is 0.860. The van der Waals surface area contributed by atoms with Crippen molar-refractivity contribution in [3.63, 3.8) is 0 Å². The smallest absolute Gasteiger partial charge is 0.405 e. The molecule has 1 aromatic carbocycles. The second-order valence-corrected chi connectivity index (χ2v) is 6.17. The summed E-state index contributed by atoms with van der Waals surface area (Å²) in [4.78, 5) is 12.4. The molecule has 0 aliphatic carbocycles. The number of alkyl halides is 3. The summed E-state index contributed by atoms with van der Waals surface area (Å²) in [6.45, 7) is 1.36. The lowest BCUT2D eigenvalue weighted by atomic mass is 10.3. The standard InChI is InChI=1S/C14H16F3NO3S/c1-9(13(19)18-8-14(15,16)17)22-10-3-4-11-12(7-10)21-6-2-5-20-11/h3-4,7,9H,2,5-6,8H2,1H3,(H,18,19). The van der Waals surface area contributed by atoms with E-state index in [1.807, 2.05) is 5.32 Å². The lowest BCUT2D eigenvalue weighted by molar-refractivity contribution is -0.137. The van der Waals surface area contributed by atoms with Gasteiger partial charge < -0.3 is 14.8 Å². The third-order valence-corrected chi connectivity index (χ3v) is 3.96. The summed E-state index contributed by atoms with van der Waals surface area (Å²) in [6, 6.07) is 5.23. The minimum atomic E-state index is -4.41. The maximum absolute atomic E-state index is 12.1. The first-order chi connectivity index (χ1) is 10.3. The minimum Gasteiger partial charge on any atom is -0.490 e. The molecule has 1 atom stereocenters. The SMILES string of the molecule is CC(Sc1ccc2c(c1)OCCCO2)C(=O)NCC(F)(F)F. The first-order valence-corrected chi connectivity index (χ1v) is 7.64. The van der Waals surface area contributed by atoms with Gasteiger partial charge in [-0.25, -0.2) is 0 Å². The maximum Gasteiger partial charge on any atom is 0.405 e. The molecule has 0 saturated heterocycles. The van der Waals surface area contributed by atoms with Crippen molar-refractivity contribution in [3.05, 3.63) is 18.2 Å². The summed E-state index contributed by atoms with van der Waals surface area (Å²) in [7, 11) is 0. The Labute approximate surface area is 130 Å². The summed E-state index contributed by atoms with van der Waals surface area (Å²) in [5.74, 6) is 0.566. The molecule has 1 amide bonds. The molecule has 2 rings (SSSR count). The molecule has 8 heteroatoms. The van der Waals surface area contributed by atoms with Crippen LogP contribution in [0.25, 0.3) is 0 Å². The molecule has 0 fully saturated rings. The molecule has 1 heterocycles. The number of nitrogens with one attached hydrogen (secondary N) is 1. The molecular formula is C14H16F3NO3S. The molecular weight excluding hydrogens is 319 g/mol. The van der Waals surface area contributed by atoms with E-state index in [9.17, 15) is 18.0 Å². The Kier molecular flexibility index (Phi) is 5.44. The van der Waals surface area contributed by atoms with Gasteiger partial charge in [0.15, 0.2) is 11.5 Å². The fourth-order valence-electron chi connectivity index (χ4n) is 1.81. The number of ether oxygens (including phenoxy) is 2. The minimum absolute atomic E-state index is 0.544. The van der Waals surface area contributed by atoms with Gasteiger partial charge in [0.25, 0.3) is 0 Å². The monoisotopic (exact) mass is 335 g/mol. The van der Waals surface area contributed by atoms with Gasteiger partial charge in [0.1, 0.15) is 6.54 Å². The highest BCUT2D eigenvalue weighted by atomic mass is 32.2. The van der Waals surface area contributed by atoms with Crippen molar-refractivity contribution in [2.75, 3.05) is 19.8 Å². The lowest BCUT2D eigenvalue weighted by Crippen LogP contribution is -2.37. The van der Waals surface area contributed by atoms with Gasteiger partial charge in [-0.15, -0.1) is 11.8 Å². The molecule has 122 valence electrons. The van der Waals surface area contributed by atoms with E-state index >= 15 is 0 Å². The van der Waals surface area contributed by atoms with E-state index in [0.29, 0.717) is 24.7 Å². The van der Waals surface area contributed by atoms with Crippen LogP contribution in [0.5, 0.6) is 11.5 Å². The van der Waals surface area contributed by atoms with Crippen molar-refractivity contribution in [2.45, 2.75) is 29.7 Å². The topological polar surface area (TPSA) is 47.6 Å². The predicted octanol–water partition coefficient (Wildman–Crippen LogP) is 3.01. The first-order valence-electron chi connectivity index (χ1n) is 6.76. The molecule has 0 radical (unpaired) electrons. The fraction of sp³-hybridized carbons (Fsp3) is 0.500. The van der Waals surface area contributed by atoms with Gasteiger partial charge >= 0.3 is 6.18 Å². The van der Waals surface area contributed by atoms with E-state index in [1.165, 1.54) is 11.8 Å². The van der Waals surface area contributed by atoms with Crippen LogP contribution in [-0.4, -0.2) is 37.1 Å². The number of fused-ring (bicyclic) bond motifs is 1. The van der Waals surface area contributed by atoms with Crippen LogP contribution in [0.1, 0.15) is 13.3 Å². The number of carbonyl (C=O) groups is 1. The lowest BCUT2D eigenvalue weighted by Gasteiger charge is -2.14. The number of rotatable bonds is 4. The van der Waals surface area contributed by atoms with Crippen LogP contribution in [0, 0.1) is 0 Å². The zero-order valence-electron chi connectivity index (χ0n) is 11.9. The van der Waals surface area contributed by atoms with Crippen molar-refractivity contribution >= 4 is 17.7 Å². The third kappa shape index (κ3) is 5.01. The van der Waals surface area contributed by atoms with Gasteiger partial charge in [0, 0.05) is 11.3 Å². The zero-order valence-corrected chi connectivity index (χ0v) is 12.7. The highest BCUT2D eigenvalue weighted by Crippen LogP contribution is 2.35. The summed E-state index contributed by atoms with van der Waals surface area (Å²) in [5, 5.41) is 1.23. The van der Waals surface area contributed by atoms with Crippen molar-refractivity contribution in [1.29, 1.82) is 0 Å². The Morgan fingerprint density at radius 3 is 2.68 bits per heavy atom. The Morgan fingerprint density at radius 1 is 1.32 bits per heavy atom. The second kappa shape index (κ2) is 7.13. The molecule has 0 bridgehead atoms. The summed E-state index contributed by atoms with van der Waals surface area (Å²) >= 11 is 1.17. The van der Waals surface area contributed by atoms with E-state index in [4.69, 9.17) is 9.47 Å². The van der Waals surface area contributed by atoms with E-state index in [0.717, 1.165) is 11.3 Å². The molecule has 1 unspecified atom stereocenters. The van der Waals surface area contributed by atoms with Crippen LogP contribution in [0.3, 0.4) is 0 Å². The summed E-state index contributed by atoms with van der Waals surface area (Å²) in [6.07, 6.45) is -3.62. The van der Waals surface area contributed by atoms with Crippen LogP contribution < -0.4 is 14.8 Å².